The first-order valence-electron chi connectivity index (χ1n) is 37.9. The highest BCUT2D eigenvalue weighted by Crippen LogP contribution is 2.56. The number of phenolic OH excluding ortho intramolecular Hbond substituents is 16. The first kappa shape index (κ1) is 94.9. The van der Waals surface area contributed by atoms with Crippen LogP contribution in [0.5, 0.6) is 92.0 Å². The third kappa shape index (κ3) is 22.0. The van der Waals surface area contributed by atoms with E-state index < -0.39 is 47.3 Å². The lowest BCUT2D eigenvalue weighted by Crippen LogP contribution is -3.00. The molecule has 2 aliphatic carbocycles. The van der Waals surface area contributed by atoms with Crippen molar-refractivity contribution in [3.63, 3.8) is 0 Å². The molecule has 22 heteroatoms. The molecule has 0 amide bonds. The molecule has 0 radical (unpaired) electrons. The summed E-state index contributed by atoms with van der Waals surface area (Å²) in [6.07, 6.45) is 9.70. The van der Waals surface area contributed by atoms with Crippen molar-refractivity contribution < 1.29 is 119 Å². The molecule has 0 aliphatic heterocycles. The summed E-state index contributed by atoms with van der Waals surface area (Å²) in [5, 5.41) is 209. The van der Waals surface area contributed by atoms with Crippen LogP contribution < -0.4 is 12.4 Å². The second kappa shape index (κ2) is 43.9. The lowest BCUT2D eigenvalue weighted by atomic mass is 9.77. The van der Waals surface area contributed by atoms with Crippen molar-refractivity contribution in [2.45, 2.75) is 205 Å². The van der Waals surface area contributed by atoms with Crippen LogP contribution in [0.1, 0.15) is 294 Å². The first-order valence-corrected chi connectivity index (χ1v) is 37.9. The molecular formula is C88H124ClNO20. The monoisotopic (exact) mass is 1550 g/mol. The number of quaternary nitrogens is 1. The van der Waals surface area contributed by atoms with E-state index in [1.165, 1.54) is 48.5 Å². The van der Waals surface area contributed by atoms with Gasteiger partial charge in [-0.2, -0.15) is 0 Å². The van der Waals surface area contributed by atoms with Crippen molar-refractivity contribution in [2.24, 2.45) is 0 Å². The summed E-state index contributed by atoms with van der Waals surface area (Å²) in [6, 6.07) is 24.3. The Balaban J connectivity index is 0.000000491. The molecule has 0 unspecified atom stereocenters. The molecule has 0 saturated heterocycles. The number of phenols is 16. The Morgan fingerprint density at radius 3 is 0.291 bits per heavy atom. The second-order valence-corrected chi connectivity index (χ2v) is 29.2. The van der Waals surface area contributed by atoms with E-state index in [0.717, 1.165) is 32.9 Å². The fraction of sp³-hybridized carbons (Fsp3) is 0.455. The van der Waals surface area contributed by atoms with Crippen LogP contribution in [0.2, 0.25) is 0 Å². The van der Waals surface area contributed by atoms with Crippen molar-refractivity contribution in [1.29, 1.82) is 0 Å². The highest BCUT2D eigenvalue weighted by molar-refractivity contribution is 5.65. The lowest BCUT2D eigenvalue weighted by Gasteiger charge is -2.29. The van der Waals surface area contributed by atoms with Crippen LogP contribution in [-0.2, 0) is 0 Å². The van der Waals surface area contributed by atoms with E-state index in [0.29, 0.717) is 192 Å². The largest absolute Gasteiger partial charge is 1.00 e. The Morgan fingerprint density at radius 2 is 0.236 bits per heavy atom. The molecule has 0 fully saturated rings. The maximum Gasteiger partial charge on any atom is 0.123 e. The second-order valence-electron chi connectivity index (χ2n) is 29.2. The van der Waals surface area contributed by atoms with Crippen molar-refractivity contribution in [3.8, 4) is 92.0 Å². The van der Waals surface area contributed by atoms with Gasteiger partial charge in [0.05, 0.1) is 28.2 Å². The smallest absolute Gasteiger partial charge is 0.123 e. The molecule has 8 aromatic carbocycles. The third-order valence-electron chi connectivity index (χ3n) is 20.0. The van der Waals surface area contributed by atoms with Crippen LogP contribution in [0, 0.1) is 0 Å². The van der Waals surface area contributed by atoms with Crippen molar-refractivity contribution in [2.75, 3.05) is 56.6 Å². The number of rotatable bonds is 16. The first-order chi connectivity index (χ1) is 51.9. The minimum absolute atomic E-state index is 0. The topological polar surface area (TPSA) is 405 Å². The summed E-state index contributed by atoms with van der Waals surface area (Å²) >= 11 is 0. The van der Waals surface area contributed by atoms with E-state index >= 15 is 0 Å². The molecule has 0 atom stereocenters. The lowest BCUT2D eigenvalue weighted by molar-refractivity contribution is -0.849. The summed E-state index contributed by atoms with van der Waals surface area (Å²) in [5.41, 5.74) is 7.69. The van der Waals surface area contributed by atoms with Crippen LogP contribution >= 0.6 is 0 Å². The van der Waals surface area contributed by atoms with Gasteiger partial charge in [0.25, 0.3) is 0 Å². The minimum Gasteiger partial charge on any atom is -1.00 e. The number of nitrogens with zero attached hydrogens (tertiary/aromatic N) is 1. The van der Waals surface area contributed by atoms with Crippen molar-refractivity contribution >= 4 is 0 Å². The standard InChI is InChI=1S/2C40H48O8.C4H12N.4CH4O.ClH/c2*1-5-9-21-25-13-27(35(43)17-33(25)41)22(10-6-2)29-15-31(39(47)19-37(29)45)24(12-8-4)32-16-30(38(46)20-40(32)48)23(11-7-3)28-14-26(21)34(42)18-36(28)44;1-5(2,3)4;4*1-2;/h2*13-24,41-48H,5-12H2,1-4H3;1-4H3;4*2H,1H3;1H/q;;+1;;;;;/p-1. The van der Waals surface area contributed by atoms with Gasteiger partial charge in [-0.15, -0.1) is 0 Å². The quantitative estimate of drug-likeness (QED) is 0.0400. The molecule has 2 aliphatic rings. The molecule has 8 aromatic rings. The van der Waals surface area contributed by atoms with Gasteiger partial charge in [0.2, 0.25) is 0 Å². The minimum atomic E-state index is -0.534. The number of fused-ring (bicyclic) bond motifs is 16. The molecule has 0 saturated carbocycles. The summed E-state index contributed by atoms with van der Waals surface area (Å²) in [4.78, 5) is 0. The SMILES string of the molecule is CCCC1c2cc(c(O)cc2O)C(CCC)c2cc(c(O)cc2O)C(CCC)c2cc(c(O)cc2O)C(CCC)c2cc1c(O)cc2O.CCCC1c2cc(c(O)cc2O)C(CCC)c2cc(c(O)cc2O)C(CCC)c2cc(c(O)cc2O)C(CCC)c2cc1c(O)cc2O.CO.CO.CO.CO.C[N+](C)(C)C.[Cl-]. The highest BCUT2D eigenvalue weighted by atomic mass is 35.5. The Bertz CT molecular complexity index is 3250. The Hall–Kier alpha value is -9.35. The normalized spacial score (nSPS) is 17.3. The molecule has 20 N–H and O–H groups in total. The maximum absolute atomic E-state index is 11.3. The molecule has 10 rings (SSSR count). The number of hydrogen-bond acceptors (Lipinski definition) is 20. The zero-order chi connectivity index (χ0) is 82.2. The number of aliphatic hydroxyl groups is 4. The third-order valence-corrected chi connectivity index (χ3v) is 20.0. The number of halogens is 1. The van der Waals surface area contributed by atoms with Crippen molar-refractivity contribution in [3.05, 3.63) is 186 Å². The molecule has 110 heavy (non-hydrogen) atoms. The summed E-state index contributed by atoms with van der Waals surface area (Å²) in [6.45, 7) is 16.0. The van der Waals surface area contributed by atoms with Crippen molar-refractivity contribution in [1.82, 2.24) is 0 Å². The number of aromatic hydroxyl groups is 16. The van der Waals surface area contributed by atoms with Crippen LogP contribution in [0.3, 0.4) is 0 Å². The van der Waals surface area contributed by atoms with E-state index in [1.807, 2.05) is 55.4 Å². The average molecular weight is 1550 g/mol. The zero-order valence-electron chi connectivity index (χ0n) is 66.9. The molecule has 608 valence electrons. The van der Waals surface area contributed by atoms with E-state index in [9.17, 15) is 81.7 Å². The number of hydrogen-bond donors (Lipinski definition) is 20. The van der Waals surface area contributed by atoms with Gasteiger partial charge in [0.1, 0.15) is 92.0 Å². The van der Waals surface area contributed by atoms with Gasteiger partial charge in [-0.3, -0.25) is 0 Å². The predicted octanol–water partition coefficient (Wildman–Crippen LogP) is 14.5. The van der Waals surface area contributed by atoms with Gasteiger partial charge in [-0.05, 0) is 99.9 Å². The Labute approximate surface area is 655 Å². The van der Waals surface area contributed by atoms with Gasteiger partial charge in [-0.25, -0.2) is 0 Å². The average Bonchev–Trinajstić information content (AvgIpc) is 0.760. The van der Waals surface area contributed by atoms with Crippen LogP contribution in [0.4, 0.5) is 0 Å². The van der Waals surface area contributed by atoms with E-state index in [2.05, 4.69) is 28.2 Å². The van der Waals surface area contributed by atoms with Crippen LogP contribution in [-0.4, -0.2) is 163 Å². The number of aliphatic hydroxyl groups excluding tert-OH is 4. The van der Waals surface area contributed by atoms with E-state index in [4.69, 9.17) is 20.4 Å². The van der Waals surface area contributed by atoms with E-state index in [1.54, 1.807) is 48.5 Å². The molecule has 16 bridgehead atoms. The van der Waals surface area contributed by atoms with Gasteiger partial charge < -0.3 is 119 Å². The van der Waals surface area contributed by atoms with Gasteiger partial charge in [0.15, 0.2) is 0 Å². The Kier molecular flexibility index (Phi) is 37.8. The van der Waals surface area contributed by atoms with Gasteiger partial charge in [0, 0.05) is 213 Å². The molecular weight excluding hydrogens is 1430 g/mol. The fourth-order valence-corrected chi connectivity index (χ4v) is 15.5. The van der Waals surface area contributed by atoms with E-state index in [-0.39, 0.29) is 104 Å². The highest BCUT2D eigenvalue weighted by Gasteiger charge is 2.36. The molecule has 0 aromatic heterocycles. The molecule has 21 nitrogen and oxygen atoms in total. The van der Waals surface area contributed by atoms with Crippen LogP contribution in [0.15, 0.2) is 97.1 Å². The molecule has 0 heterocycles. The van der Waals surface area contributed by atoms with Gasteiger partial charge >= 0.3 is 0 Å². The van der Waals surface area contributed by atoms with Gasteiger partial charge in [-0.1, -0.05) is 107 Å². The predicted molar refractivity (Wildman–Crippen MR) is 429 cm³/mol. The van der Waals surface area contributed by atoms with Crippen LogP contribution in [0.25, 0.3) is 0 Å². The summed E-state index contributed by atoms with van der Waals surface area (Å²) in [5.74, 6) is -6.65. The summed E-state index contributed by atoms with van der Waals surface area (Å²) in [7, 11) is 12.5. The zero-order valence-corrected chi connectivity index (χ0v) is 67.7. The maximum atomic E-state index is 11.3. The number of benzene rings is 8. The molecule has 0 spiro atoms. The summed E-state index contributed by atoms with van der Waals surface area (Å²) < 4.78 is 1.00. The Morgan fingerprint density at radius 1 is 0.173 bits per heavy atom. The fourth-order valence-electron chi connectivity index (χ4n) is 15.5.